The van der Waals surface area contributed by atoms with Crippen LogP contribution in [-0.2, 0) is 21.5 Å². The standard InChI is InChI=1S/C34H48N2O4/c1-32(2,3)24-15-16-25(40-9)22(17-24)20-35-27-26(33(4,5)6)29(31(38)39)36(28(27)21-13-11-10-12-14-21)30(37)23-18-34(7,8)19-23/h10-17,23,26-29,35H,18-20H2,1-9H3,(H,38,39)/t26-,27-,28-,29-/m0/s1. The smallest absolute Gasteiger partial charge is 0.326 e. The highest BCUT2D eigenvalue weighted by Crippen LogP contribution is 2.52. The van der Waals surface area contributed by atoms with Gasteiger partial charge in [-0.2, -0.15) is 0 Å². The molecule has 1 saturated heterocycles. The first-order valence-corrected chi connectivity index (χ1v) is 14.6. The number of benzene rings is 2. The lowest BCUT2D eigenvalue weighted by atomic mass is 9.64. The fourth-order valence-corrected chi connectivity index (χ4v) is 7.00. The van der Waals surface area contributed by atoms with Crippen molar-refractivity contribution < 1.29 is 19.4 Å². The Morgan fingerprint density at radius 1 is 1.02 bits per heavy atom. The van der Waals surface area contributed by atoms with Crippen molar-refractivity contribution in [2.45, 2.75) is 98.3 Å². The Labute approximate surface area is 240 Å². The molecule has 2 aromatic rings. The van der Waals surface area contributed by atoms with Gasteiger partial charge in [-0.25, -0.2) is 4.79 Å². The minimum Gasteiger partial charge on any atom is -0.496 e. The van der Waals surface area contributed by atoms with Gasteiger partial charge < -0.3 is 20.1 Å². The first-order chi connectivity index (χ1) is 18.5. The normalized spacial score (nSPS) is 25.0. The molecule has 1 aliphatic heterocycles. The SMILES string of the molecule is COc1ccc(C(C)(C)C)cc1CN[C@H]1[C@H](C(C)(C)C)[C@@H](C(=O)O)N(C(=O)C2CC(C)(C)C2)[C@H]1c1ccccc1. The van der Waals surface area contributed by atoms with Gasteiger partial charge in [-0.15, -0.1) is 0 Å². The van der Waals surface area contributed by atoms with Crippen molar-refractivity contribution in [2.75, 3.05) is 7.11 Å². The van der Waals surface area contributed by atoms with Crippen LogP contribution in [0.4, 0.5) is 0 Å². The first-order valence-electron chi connectivity index (χ1n) is 14.6. The van der Waals surface area contributed by atoms with Crippen molar-refractivity contribution in [3.05, 3.63) is 65.2 Å². The molecule has 0 spiro atoms. The van der Waals surface area contributed by atoms with Crippen molar-refractivity contribution in [1.29, 1.82) is 0 Å². The molecule has 2 aromatic carbocycles. The minimum absolute atomic E-state index is 0.0247. The maximum atomic E-state index is 14.2. The zero-order valence-electron chi connectivity index (χ0n) is 25.7. The minimum atomic E-state index is -0.940. The van der Waals surface area contributed by atoms with Crippen LogP contribution in [0.15, 0.2) is 48.5 Å². The molecule has 6 nitrogen and oxygen atoms in total. The van der Waals surface area contributed by atoms with Gasteiger partial charge in [0.1, 0.15) is 11.8 Å². The van der Waals surface area contributed by atoms with Crippen molar-refractivity contribution in [3.8, 4) is 5.75 Å². The predicted octanol–water partition coefficient (Wildman–Crippen LogP) is 6.59. The fourth-order valence-electron chi connectivity index (χ4n) is 7.00. The zero-order chi connectivity index (χ0) is 29.6. The maximum absolute atomic E-state index is 14.2. The summed E-state index contributed by atoms with van der Waals surface area (Å²) in [6.45, 7) is 17.7. The Morgan fingerprint density at radius 2 is 1.65 bits per heavy atom. The average Bonchev–Trinajstić information content (AvgIpc) is 3.21. The highest BCUT2D eigenvalue weighted by Gasteiger charge is 2.59. The molecule has 0 bridgehead atoms. The molecule has 218 valence electrons. The van der Waals surface area contributed by atoms with Crippen LogP contribution in [0.1, 0.15) is 91.0 Å². The van der Waals surface area contributed by atoms with Crippen LogP contribution in [0.3, 0.4) is 0 Å². The van der Waals surface area contributed by atoms with Crippen molar-refractivity contribution in [1.82, 2.24) is 10.2 Å². The van der Waals surface area contributed by atoms with Gasteiger partial charge in [-0.3, -0.25) is 4.79 Å². The number of hydrogen-bond donors (Lipinski definition) is 2. The van der Waals surface area contributed by atoms with Gasteiger partial charge in [-0.05, 0) is 46.3 Å². The van der Waals surface area contributed by atoms with Gasteiger partial charge in [0.05, 0.1) is 13.2 Å². The lowest BCUT2D eigenvalue weighted by Crippen LogP contribution is -2.51. The highest BCUT2D eigenvalue weighted by atomic mass is 16.5. The molecule has 6 heteroatoms. The fraction of sp³-hybridized carbons (Fsp3) is 0.588. The summed E-state index contributed by atoms with van der Waals surface area (Å²) in [6, 6.07) is 14.6. The van der Waals surface area contributed by atoms with E-state index in [-0.39, 0.29) is 40.0 Å². The van der Waals surface area contributed by atoms with Crippen LogP contribution in [-0.4, -0.2) is 41.1 Å². The van der Waals surface area contributed by atoms with Crippen LogP contribution < -0.4 is 10.1 Å². The Hall–Kier alpha value is -2.86. The third-order valence-electron chi connectivity index (χ3n) is 8.94. The number of carboxylic acids is 1. The van der Waals surface area contributed by atoms with Crippen molar-refractivity contribution in [2.24, 2.45) is 22.7 Å². The number of nitrogens with zero attached hydrogens (tertiary/aromatic N) is 1. The Balaban J connectivity index is 1.80. The van der Waals surface area contributed by atoms with Gasteiger partial charge in [0.25, 0.3) is 0 Å². The van der Waals surface area contributed by atoms with Gasteiger partial charge in [-0.1, -0.05) is 97.9 Å². The molecular weight excluding hydrogens is 500 g/mol. The molecule has 1 aliphatic carbocycles. The summed E-state index contributed by atoms with van der Waals surface area (Å²) in [6.07, 6.45) is 1.57. The number of aliphatic carboxylic acids is 1. The first kappa shape index (κ1) is 30.1. The molecule has 1 amide bonds. The second-order valence-electron chi connectivity index (χ2n) is 14.7. The maximum Gasteiger partial charge on any atom is 0.326 e. The second kappa shape index (κ2) is 10.8. The number of hydrogen-bond acceptors (Lipinski definition) is 4. The number of carbonyl (C=O) groups excluding carboxylic acids is 1. The number of ether oxygens (including phenoxy) is 1. The molecule has 2 N–H and O–H groups in total. The summed E-state index contributed by atoms with van der Waals surface area (Å²) in [5, 5.41) is 14.5. The predicted molar refractivity (Wildman–Crippen MR) is 159 cm³/mol. The van der Waals surface area contributed by atoms with E-state index in [1.165, 1.54) is 5.56 Å². The van der Waals surface area contributed by atoms with E-state index >= 15 is 0 Å². The molecule has 0 aromatic heterocycles. The molecule has 4 rings (SSSR count). The second-order valence-corrected chi connectivity index (χ2v) is 14.7. The van der Waals surface area contributed by atoms with E-state index < -0.39 is 18.1 Å². The third-order valence-corrected chi connectivity index (χ3v) is 8.94. The summed E-state index contributed by atoms with van der Waals surface area (Å²) in [5.74, 6) is -0.646. The van der Waals surface area contributed by atoms with Gasteiger partial charge in [0.15, 0.2) is 0 Å². The van der Waals surface area contributed by atoms with E-state index in [1.807, 2.05) is 36.4 Å². The molecule has 40 heavy (non-hydrogen) atoms. The van der Waals surface area contributed by atoms with Crippen molar-refractivity contribution in [3.63, 3.8) is 0 Å². The molecular formula is C34H48N2O4. The lowest BCUT2D eigenvalue weighted by Gasteiger charge is -2.45. The van der Waals surface area contributed by atoms with E-state index in [0.717, 1.165) is 29.7 Å². The number of amides is 1. The Kier molecular flexibility index (Phi) is 8.16. The largest absolute Gasteiger partial charge is 0.496 e. The molecule has 0 radical (unpaired) electrons. The Bertz CT molecular complexity index is 1220. The number of carboxylic acid groups (broad SMARTS) is 1. The molecule has 0 unspecified atom stereocenters. The van der Waals surface area contributed by atoms with Gasteiger partial charge in [0.2, 0.25) is 5.91 Å². The topological polar surface area (TPSA) is 78.9 Å². The van der Waals surface area contributed by atoms with Crippen LogP contribution >= 0.6 is 0 Å². The van der Waals surface area contributed by atoms with Crippen LogP contribution in [0.5, 0.6) is 5.75 Å². The van der Waals surface area contributed by atoms with Crippen LogP contribution in [0.25, 0.3) is 0 Å². The Morgan fingerprint density at radius 3 is 2.15 bits per heavy atom. The molecule has 1 saturated carbocycles. The number of nitrogens with one attached hydrogen (secondary N) is 1. The summed E-state index contributed by atoms with van der Waals surface area (Å²) < 4.78 is 5.73. The summed E-state index contributed by atoms with van der Waals surface area (Å²) in [5.41, 5.74) is 2.89. The highest BCUT2D eigenvalue weighted by molar-refractivity contribution is 5.87. The van der Waals surface area contributed by atoms with Crippen LogP contribution in [0, 0.1) is 22.7 Å². The molecule has 2 fully saturated rings. The number of carbonyl (C=O) groups is 2. The zero-order valence-corrected chi connectivity index (χ0v) is 25.7. The van der Waals surface area contributed by atoms with Crippen molar-refractivity contribution >= 4 is 11.9 Å². The molecule has 2 aliphatic rings. The summed E-state index contributed by atoms with van der Waals surface area (Å²) in [4.78, 5) is 28.9. The van der Waals surface area contributed by atoms with Gasteiger partial charge in [0, 0.05) is 30.0 Å². The number of rotatable bonds is 7. The van der Waals surface area contributed by atoms with E-state index in [0.29, 0.717) is 6.54 Å². The molecule has 1 heterocycles. The quantitative estimate of drug-likeness (QED) is 0.408. The average molecular weight is 549 g/mol. The summed E-state index contributed by atoms with van der Waals surface area (Å²) >= 11 is 0. The van der Waals surface area contributed by atoms with E-state index in [1.54, 1.807) is 12.0 Å². The van der Waals surface area contributed by atoms with E-state index in [2.05, 4.69) is 72.8 Å². The monoisotopic (exact) mass is 548 g/mol. The van der Waals surface area contributed by atoms with Crippen LogP contribution in [0.2, 0.25) is 0 Å². The van der Waals surface area contributed by atoms with E-state index in [4.69, 9.17) is 4.74 Å². The molecule has 4 atom stereocenters. The summed E-state index contributed by atoms with van der Waals surface area (Å²) in [7, 11) is 1.68. The van der Waals surface area contributed by atoms with Gasteiger partial charge >= 0.3 is 5.97 Å². The van der Waals surface area contributed by atoms with E-state index in [9.17, 15) is 14.7 Å². The number of methoxy groups -OCH3 is 1. The number of likely N-dealkylation sites (tertiary alicyclic amines) is 1. The lowest BCUT2D eigenvalue weighted by molar-refractivity contribution is -0.157. The third kappa shape index (κ3) is 5.93.